The highest BCUT2D eigenvalue weighted by Gasteiger charge is 2.26. The summed E-state index contributed by atoms with van der Waals surface area (Å²) in [4.78, 5) is 15.6. The lowest BCUT2D eigenvalue weighted by Gasteiger charge is -2.30. The zero-order valence-electron chi connectivity index (χ0n) is 10.5. The Morgan fingerprint density at radius 2 is 2.24 bits per heavy atom. The quantitative estimate of drug-likeness (QED) is 0.777. The maximum Gasteiger partial charge on any atom is 0.341 e. The average molecular weight is 238 g/mol. The van der Waals surface area contributed by atoms with Gasteiger partial charge in [-0.1, -0.05) is 0 Å². The summed E-state index contributed by atoms with van der Waals surface area (Å²) >= 11 is 0. The Balaban J connectivity index is 3.03. The molecule has 1 heterocycles. The van der Waals surface area contributed by atoms with Gasteiger partial charge in [-0.05, 0) is 32.9 Å². The number of rotatable bonds is 4. The third-order valence-electron chi connectivity index (χ3n) is 2.70. The van der Waals surface area contributed by atoms with E-state index in [0.29, 0.717) is 11.4 Å². The fourth-order valence-corrected chi connectivity index (χ4v) is 1.19. The van der Waals surface area contributed by atoms with Gasteiger partial charge in [0.15, 0.2) is 0 Å². The summed E-state index contributed by atoms with van der Waals surface area (Å²) < 4.78 is 4.67. The summed E-state index contributed by atoms with van der Waals surface area (Å²) in [6.07, 6.45) is 0.988. The van der Waals surface area contributed by atoms with Gasteiger partial charge in [0, 0.05) is 6.20 Å². The van der Waals surface area contributed by atoms with E-state index in [1.165, 1.54) is 7.11 Å². The summed E-state index contributed by atoms with van der Waals surface area (Å²) in [5.41, 5.74) is -0.236. The van der Waals surface area contributed by atoms with Gasteiger partial charge in [-0.3, -0.25) is 0 Å². The van der Waals surface area contributed by atoms with Crippen molar-refractivity contribution in [3.63, 3.8) is 0 Å². The van der Waals surface area contributed by atoms with E-state index in [9.17, 15) is 9.90 Å². The fourth-order valence-electron chi connectivity index (χ4n) is 1.19. The lowest BCUT2D eigenvalue weighted by atomic mass is 9.98. The van der Waals surface area contributed by atoms with E-state index in [2.05, 4.69) is 15.0 Å². The molecule has 5 nitrogen and oxygen atoms in total. The highest BCUT2D eigenvalue weighted by Crippen LogP contribution is 2.20. The smallest absolute Gasteiger partial charge is 0.341 e. The van der Waals surface area contributed by atoms with Gasteiger partial charge < -0.3 is 15.2 Å². The van der Waals surface area contributed by atoms with Crippen LogP contribution in [0.25, 0.3) is 0 Å². The van der Waals surface area contributed by atoms with E-state index in [4.69, 9.17) is 0 Å². The van der Waals surface area contributed by atoms with Gasteiger partial charge in [0.05, 0.1) is 18.8 Å². The molecule has 0 aliphatic rings. The Labute approximate surface area is 101 Å². The van der Waals surface area contributed by atoms with Crippen LogP contribution in [0, 0.1) is 0 Å². The lowest BCUT2D eigenvalue weighted by Crippen LogP contribution is -2.42. The van der Waals surface area contributed by atoms with Crippen LogP contribution in [0.5, 0.6) is 0 Å². The number of pyridine rings is 1. The predicted octanol–water partition coefficient (Wildman–Crippen LogP) is 1.44. The third kappa shape index (κ3) is 3.17. The summed E-state index contributed by atoms with van der Waals surface area (Å²) in [5, 5.41) is 12.7. The number of aliphatic hydroxyl groups excluding tert-OH is 1. The Kier molecular flexibility index (Phi) is 4.07. The minimum Gasteiger partial charge on any atom is -0.465 e. The zero-order chi connectivity index (χ0) is 13.1. The molecule has 1 aromatic heterocycles. The van der Waals surface area contributed by atoms with Gasteiger partial charge in [-0.15, -0.1) is 0 Å². The first-order chi connectivity index (χ1) is 7.88. The number of nitrogens with zero attached hydrogens (tertiary/aromatic N) is 1. The maximum atomic E-state index is 11.5. The average Bonchev–Trinajstić information content (AvgIpc) is 2.28. The Bertz CT molecular complexity index is 402. The molecule has 0 aliphatic heterocycles. The van der Waals surface area contributed by atoms with E-state index in [1.54, 1.807) is 25.3 Å². The van der Waals surface area contributed by atoms with Crippen molar-refractivity contribution in [1.82, 2.24) is 4.98 Å². The molecule has 0 aromatic carbocycles. The van der Waals surface area contributed by atoms with E-state index >= 15 is 0 Å². The normalized spacial score (nSPS) is 13.0. The van der Waals surface area contributed by atoms with Crippen LogP contribution in [0.4, 0.5) is 5.82 Å². The first-order valence-electron chi connectivity index (χ1n) is 5.38. The standard InChI is InChI=1S/C12H18N2O3/c1-8(15)12(2,3)14-10-9(11(16)17-4)6-5-7-13-10/h5-8,15H,1-4H3,(H,13,14). The van der Waals surface area contributed by atoms with Crippen molar-refractivity contribution < 1.29 is 14.6 Å². The van der Waals surface area contributed by atoms with Crippen LogP contribution in [0.15, 0.2) is 18.3 Å². The summed E-state index contributed by atoms with van der Waals surface area (Å²) in [5.74, 6) is -0.0488. The molecule has 2 N–H and O–H groups in total. The second-order valence-electron chi connectivity index (χ2n) is 4.41. The largest absolute Gasteiger partial charge is 0.465 e. The number of carbonyl (C=O) groups is 1. The highest BCUT2D eigenvalue weighted by molar-refractivity contribution is 5.94. The molecule has 0 radical (unpaired) electrons. The minimum atomic E-state index is -0.588. The Morgan fingerprint density at radius 3 is 2.76 bits per heavy atom. The minimum absolute atomic E-state index is 0.351. The SMILES string of the molecule is COC(=O)c1cccnc1NC(C)(C)C(C)O. The number of anilines is 1. The van der Waals surface area contributed by atoms with Crippen molar-refractivity contribution in [2.75, 3.05) is 12.4 Å². The maximum absolute atomic E-state index is 11.5. The Hall–Kier alpha value is -1.62. The molecule has 0 aliphatic carbocycles. The van der Waals surface area contributed by atoms with Gasteiger partial charge in [0.1, 0.15) is 11.4 Å². The van der Waals surface area contributed by atoms with Crippen LogP contribution in [-0.4, -0.2) is 34.8 Å². The van der Waals surface area contributed by atoms with Gasteiger partial charge in [-0.2, -0.15) is 0 Å². The molecular formula is C12H18N2O3. The molecule has 17 heavy (non-hydrogen) atoms. The third-order valence-corrected chi connectivity index (χ3v) is 2.70. The van der Waals surface area contributed by atoms with Crippen LogP contribution in [0.3, 0.4) is 0 Å². The second-order valence-corrected chi connectivity index (χ2v) is 4.41. The predicted molar refractivity (Wildman–Crippen MR) is 65.0 cm³/mol. The molecule has 0 spiro atoms. The molecule has 0 saturated heterocycles. The number of methoxy groups -OCH3 is 1. The van der Waals surface area contributed by atoms with Crippen molar-refractivity contribution in [3.05, 3.63) is 23.9 Å². The molecule has 1 unspecified atom stereocenters. The lowest BCUT2D eigenvalue weighted by molar-refractivity contribution is 0.0600. The van der Waals surface area contributed by atoms with Crippen LogP contribution in [0.1, 0.15) is 31.1 Å². The molecule has 5 heteroatoms. The zero-order valence-corrected chi connectivity index (χ0v) is 10.5. The van der Waals surface area contributed by atoms with Gasteiger partial charge in [-0.25, -0.2) is 9.78 Å². The van der Waals surface area contributed by atoms with Gasteiger partial charge in [0.25, 0.3) is 0 Å². The van der Waals surface area contributed by atoms with Crippen molar-refractivity contribution in [2.24, 2.45) is 0 Å². The van der Waals surface area contributed by atoms with E-state index in [1.807, 2.05) is 13.8 Å². The molecule has 0 bridgehead atoms. The number of ether oxygens (including phenoxy) is 1. The number of hydrogen-bond donors (Lipinski definition) is 2. The number of hydrogen-bond acceptors (Lipinski definition) is 5. The van der Waals surface area contributed by atoms with Crippen molar-refractivity contribution >= 4 is 11.8 Å². The number of nitrogens with one attached hydrogen (secondary N) is 1. The van der Waals surface area contributed by atoms with Crippen LogP contribution in [-0.2, 0) is 4.74 Å². The van der Waals surface area contributed by atoms with Crippen LogP contribution in [0.2, 0.25) is 0 Å². The number of carbonyl (C=O) groups excluding carboxylic acids is 1. The molecule has 1 aromatic rings. The topological polar surface area (TPSA) is 71.5 Å². The second kappa shape index (κ2) is 5.14. The summed E-state index contributed by atoms with van der Waals surface area (Å²) in [7, 11) is 1.32. The fraction of sp³-hybridized carbons (Fsp3) is 0.500. The van der Waals surface area contributed by atoms with Crippen molar-refractivity contribution in [2.45, 2.75) is 32.4 Å². The van der Waals surface area contributed by atoms with Gasteiger partial charge >= 0.3 is 5.97 Å². The van der Waals surface area contributed by atoms with Gasteiger partial charge in [0.2, 0.25) is 0 Å². The van der Waals surface area contributed by atoms with Crippen molar-refractivity contribution in [3.8, 4) is 0 Å². The first-order valence-corrected chi connectivity index (χ1v) is 5.38. The molecule has 94 valence electrons. The number of aromatic nitrogens is 1. The monoisotopic (exact) mass is 238 g/mol. The molecule has 0 amide bonds. The van der Waals surface area contributed by atoms with Crippen LogP contribution < -0.4 is 5.32 Å². The molecule has 0 fully saturated rings. The first kappa shape index (κ1) is 13.4. The summed E-state index contributed by atoms with van der Waals surface area (Å²) in [6, 6.07) is 3.28. The molecule has 0 saturated carbocycles. The van der Waals surface area contributed by atoms with Crippen LogP contribution >= 0.6 is 0 Å². The van der Waals surface area contributed by atoms with E-state index < -0.39 is 17.6 Å². The Morgan fingerprint density at radius 1 is 1.59 bits per heavy atom. The van der Waals surface area contributed by atoms with E-state index in [-0.39, 0.29) is 0 Å². The molecule has 1 rings (SSSR count). The van der Waals surface area contributed by atoms with E-state index in [0.717, 1.165) is 0 Å². The highest BCUT2D eigenvalue weighted by atomic mass is 16.5. The summed E-state index contributed by atoms with van der Waals surface area (Å²) in [6.45, 7) is 5.33. The molecular weight excluding hydrogens is 220 g/mol. The van der Waals surface area contributed by atoms with Crippen molar-refractivity contribution in [1.29, 1.82) is 0 Å². The number of aliphatic hydroxyl groups is 1. The number of esters is 1. The molecule has 1 atom stereocenters.